The first-order valence-electron chi connectivity index (χ1n) is 7.49. The number of para-hydroxylation sites is 1. The van der Waals surface area contributed by atoms with Gasteiger partial charge in [-0.15, -0.1) is 0 Å². The molecule has 1 atom stereocenters. The molecular formula is C19H19NO4. The molecule has 0 heterocycles. The zero-order valence-electron chi connectivity index (χ0n) is 13.3. The molecule has 2 aromatic rings. The summed E-state index contributed by atoms with van der Waals surface area (Å²) in [6.07, 6.45) is 2.00. The topological polar surface area (TPSA) is 64.6 Å². The maximum Gasteiger partial charge on any atom is 0.330 e. The van der Waals surface area contributed by atoms with Crippen LogP contribution in [0.5, 0.6) is 5.75 Å². The van der Waals surface area contributed by atoms with Crippen molar-refractivity contribution in [2.24, 2.45) is 0 Å². The Balaban J connectivity index is 2.06. The van der Waals surface area contributed by atoms with Gasteiger partial charge in [0.2, 0.25) is 6.10 Å². The summed E-state index contributed by atoms with van der Waals surface area (Å²) in [5.41, 5.74) is 0.746. The number of hydrogen-bond donors (Lipinski definition) is 1. The number of carbonyl (C=O) groups excluding carboxylic acids is 2. The van der Waals surface area contributed by atoms with Crippen LogP contribution < -0.4 is 10.1 Å². The van der Waals surface area contributed by atoms with Crippen LogP contribution in [0.4, 0.5) is 0 Å². The van der Waals surface area contributed by atoms with Gasteiger partial charge in [-0.1, -0.05) is 54.6 Å². The molecule has 2 aromatic carbocycles. The molecule has 0 aliphatic carbocycles. The Labute approximate surface area is 140 Å². The van der Waals surface area contributed by atoms with Crippen LogP contribution in [-0.2, 0) is 14.3 Å². The molecule has 1 amide bonds. The average Bonchev–Trinajstić information content (AvgIpc) is 2.64. The molecule has 5 heteroatoms. The largest absolute Gasteiger partial charge is 0.476 e. The normalized spacial score (nSPS) is 11.7. The van der Waals surface area contributed by atoms with Gasteiger partial charge in [0, 0.05) is 18.2 Å². The maximum atomic E-state index is 12.5. The molecule has 0 aliphatic rings. The zero-order chi connectivity index (χ0) is 17.2. The fraction of sp³-hybridized carbons (Fsp3) is 0.158. The fourth-order valence-electron chi connectivity index (χ4n) is 2.01. The van der Waals surface area contributed by atoms with Gasteiger partial charge >= 0.3 is 5.97 Å². The van der Waals surface area contributed by atoms with Crippen LogP contribution in [0.3, 0.4) is 0 Å². The third kappa shape index (κ3) is 5.28. The van der Waals surface area contributed by atoms with E-state index in [1.165, 1.54) is 19.3 Å². The molecule has 1 unspecified atom stereocenters. The van der Waals surface area contributed by atoms with E-state index in [1.54, 1.807) is 12.1 Å². The van der Waals surface area contributed by atoms with Crippen molar-refractivity contribution in [3.8, 4) is 5.75 Å². The van der Waals surface area contributed by atoms with Gasteiger partial charge in [-0.2, -0.15) is 0 Å². The van der Waals surface area contributed by atoms with Crippen molar-refractivity contribution in [2.45, 2.75) is 6.10 Å². The number of amides is 1. The van der Waals surface area contributed by atoms with Crippen LogP contribution in [0, 0.1) is 0 Å². The predicted octanol–water partition coefficient (Wildman–Crippen LogP) is 2.65. The summed E-state index contributed by atoms with van der Waals surface area (Å²) in [4.78, 5) is 23.5. The third-order valence-electron chi connectivity index (χ3n) is 3.19. The fourth-order valence-corrected chi connectivity index (χ4v) is 2.01. The van der Waals surface area contributed by atoms with Crippen molar-refractivity contribution < 1.29 is 19.1 Å². The number of hydrogen-bond acceptors (Lipinski definition) is 4. The molecule has 0 spiro atoms. The predicted molar refractivity (Wildman–Crippen MR) is 90.4 cm³/mol. The van der Waals surface area contributed by atoms with Crippen molar-refractivity contribution in [2.75, 3.05) is 13.7 Å². The Hall–Kier alpha value is -3.08. The van der Waals surface area contributed by atoms with Crippen LogP contribution >= 0.6 is 0 Å². The van der Waals surface area contributed by atoms with E-state index in [-0.39, 0.29) is 12.5 Å². The van der Waals surface area contributed by atoms with E-state index >= 15 is 0 Å². The summed E-state index contributed by atoms with van der Waals surface area (Å²) in [5.74, 6) is -0.157. The molecule has 5 nitrogen and oxygen atoms in total. The van der Waals surface area contributed by atoms with Crippen molar-refractivity contribution >= 4 is 11.9 Å². The number of esters is 1. The van der Waals surface area contributed by atoms with Crippen LogP contribution in [0.2, 0.25) is 0 Å². The molecule has 0 radical (unpaired) electrons. The smallest absolute Gasteiger partial charge is 0.330 e. The maximum absolute atomic E-state index is 12.5. The second-order valence-electron chi connectivity index (χ2n) is 4.89. The highest BCUT2D eigenvalue weighted by molar-refractivity contribution is 5.83. The van der Waals surface area contributed by atoms with E-state index in [1.807, 2.05) is 48.5 Å². The summed E-state index contributed by atoms with van der Waals surface area (Å²) in [5, 5.41) is 2.72. The molecule has 0 fully saturated rings. The summed E-state index contributed by atoms with van der Waals surface area (Å²) < 4.78 is 10.3. The molecule has 0 saturated heterocycles. The van der Waals surface area contributed by atoms with Crippen LogP contribution in [0.25, 0.3) is 0 Å². The lowest BCUT2D eigenvalue weighted by Gasteiger charge is -2.18. The second-order valence-corrected chi connectivity index (χ2v) is 4.89. The van der Waals surface area contributed by atoms with Gasteiger partial charge in [-0.3, -0.25) is 4.79 Å². The molecule has 0 bridgehead atoms. The number of rotatable bonds is 7. The lowest BCUT2D eigenvalue weighted by Crippen LogP contribution is -2.32. The van der Waals surface area contributed by atoms with E-state index in [0.29, 0.717) is 5.75 Å². The van der Waals surface area contributed by atoms with Gasteiger partial charge < -0.3 is 14.8 Å². The van der Waals surface area contributed by atoms with E-state index < -0.39 is 12.1 Å². The minimum atomic E-state index is -0.778. The highest BCUT2D eigenvalue weighted by Crippen LogP contribution is 2.21. The molecule has 2 rings (SSSR count). The van der Waals surface area contributed by atoms with Crippen molar-refractivity contribution in [1.82, 2.24) is 5.32 Å². The number of nitrogens with one attached hydrogen (secondary N) is 1. The van der Waals surface area contributed by atoms with E-state index in [2.05, 4.69) is 10.1 Å². The lowest BCUT2D eigenvalue weighted by atomic mass is 10.1. The van der Waals surface area contributed by atoms with Crippen LogP contribution in [0.1, 0.15) is 11.7 Å². The molecule has 1 N–H and O–H groups in total. The van der Waals surface area contributed by atoms with E-state index in [4.69, 9.17) is 4.74 Å². The van der Waals surface area contributed by atoms with Crippen LogP contribution in [0.15, 0.2) is 72.8 Å². The molecule has 24 heavy (non-hydrogen) atoms. The minimum Gasteiger partial charge on any atom is -0.476 e. The van der Waals surface area contributed by atoms with Crippen molar-refractivity contribution in [1.29, 1.82) is 0 Å². The summed E-state index contributed by atoms with van der Waals surface area (Å²) in [7, 11) is 1.30. The SMILES string of the molecule is COC(=O)/C=C/CNC(=O)C(Oc1ccccc1)c1ccccc1. The van der Waals surface area contributed by atoms with Gasteiger partial charge in [-0.05, 0) is 12.1 Å². The lowest BCUT2D eigenvalue weighted by molar-refractivity contribution is -0.135. The zero-order valence-corrected chi connectivity index (χ0v) is 13.3. The first-order chi connectivity index (χ1) is 11.7. The molecule has 0 saturated carbocycles. The van der Waals surface area contributed by atoms with Gasteiger partial charge in [0.25, 0.3) is 5.91 Å². The highest BCUT2D eigenvalue weighted by Gasteiger charge is 2.21. The monoisotopic (exact) mass is 325 g/mol. The van der Waals surface area contributed by atoms with Gasteiger partial charge in [-0.25, -0.2) is 4.79 Å². The van der Waals surface area contributed by atoms with E-state index in [0.717, 1.165) is 5.56 Å². The van der Waals surface area contributed by atoms with Gasteiger partial charge in [0.05, 0.1) is 7.11 Å². The number of methoxy groups -OCH3 is 1. The Morgan fingerprint density at radius 3 is 2.29 bits per heavy atom. The Bertz CT molecular complexity index is 683. The molecule has 0 aliphatic heterocycles. The first-order valence-corrected chi connectivity index (χ1v) is 7.49. The third-order valence-corrected chi connectivity index (χ3v) is 3.19. The quantitative estimate of drug-likeness (QED) is 0.628. The highest BCUT2D eigenvalue weighted by atomic mass is 16.5. The number of ether oxygens (including phenoxy) is 2. The van der Waals surface area contributed by atoms with Crippen molar-refractivity contribution in [3.05, 3.63) is 78.4 Å². The number of carbonyl (C=O) groups is 2. The standard InChI is InChI=1S/C19H19NO4/c1-23-17(21)13-8-14-20-19(22)18(15-9-4-2-5-10-15)24-16-11-6-3-7-12-16/h2-13,18H,14H2,1H3,(H,20,22)/b13-8+. The Morgan fingerprint density at radius 1 is 1.04 bits per heavy atom. The number of benzene rings is 2. The second kappa shape index (κ2) is 9.15. The molecule has 0 aromatic heterocycles. The summed E-state index contributed by atoms with van der Waals surface area (Å²) in [6, 6.07) is 18.4. The van der Waals surface area contributed by atoms with Gasteiger partial charge in [0.15, 0.2) is 0 Å². The minimum absolute atomic E-state index is 0.204. The average molecular weight is 325 g/mol. The molecular weight excluding hydrogens is 306 g/mol. The summed E-state index contributed by atoms with van der Waals surface area (Å²) >= 11 is 0. The van der Waals surface area contributed by atoms with E-state index in [9.17, 15) is 9.59 Å². The Morgan fingerprint density at radius 2 is 1.67 bits per heavy atom. The Kier molecular flexibility index (Phi) is 6.58. The first kappa shape index (κ1) is 17.3. The molecule has 124 valence electrons. The van der Waals surface area contributed by atoms with Crippen LogP contribution in [-0.4, -0.2) is 25.5 Å². The summed E-state index contributed by atoms with van der Waals surface area (Å²) in [6.45, 7) is 0.204. The van der Waals surface area contributed by atoms with Crippen molar-refractivity contribution in [3.63, 3.8) is 0 Å². The van der Waals surface area contributed by atoms with Gasteiger partial charge in [0.1, 0.15) is 5.75 Å².